The zero-order chi connectivity index (χ0) is 25.8. The van der Waals surface area contributed by atoms with Crippen molar-refractivity contribution < 1.29 is 19.5 Å². The highest BCUT2D eigenvalue weighted by Crippen LogP contribution is 2.47. The minimum Gasteiger partial charge on any atom is -0.481 e. The van der Waals surface area contributed by atoms with E-state index in [4.69, 9.17) is 9.83 Å². The predicted molar refractivity (Wildman–Crippen MR) is 141 cm³/mol. The molecule has 3 heterocycles. The number of aliphatic carboxylic acids is 1. The van der Waals surface area contributed by atoms with Crippen LogP contribution in [-0.2, 0) is 9.63 Å². The number of benzene rings is 1. The number of fused-ring (bicyclic) bond motifs is 1. The van der Waals surface area contributed by atoms with Gasteiger partial charge in [-0.15, -0.1) is 11.3 Å². The van der Waals surface area contributed by atoms with Gasteiger partial charge in [-0.05, 0) is 44.5 Å². The molecule has 2 amide bonds. The summed E-state index contributed by atoms with van der Waals surface area (Å²) >= 11 is 1.48. The summed E-state index contributed by atoms with van der Waals surface area (Å²) in [5.41, 5.74) is 2.84. The number of anilines is 1. The van der Waals surface area contributed by atoms with Crippen LogP contribution in [0.5, 0.6) is 0 Å². The maximum Gasteiger partial charge on any atom is 0.318 e. The van der Waals surface area contributed by atoms with Crippen LogP contribution in [-0.4, -0.2) is 67.1 Å². The summed E-state index contributed by atoms with van der Waals surface area (Å²) in [7, 11) is 1.47. The molecule has 1 aromatic carbocycles. The van der Waals surface area contributed by atoms with Crippen LogP contribution in [0.2, 0.25) is 0 Å². The number of carbonyl (C=O) groups is 2. The fraction of sp³-hybridized carbons (Fsp3) is 0.458. The molecule has 2 aliphatic rings. The van der Waals surface area contributed by atoms with Crippen molar-refractivity contribution in [1.29, 1.82) is 0 Å². The van der Waals surface area contributed by atoms with E-state index >= 15 is 0 Å². The number of carboxylic acids is 1. The van der Waals surface area contributed by atoms with Crippen LogP contribution in [0.1, 0.15) is 32.3 Å². The SMILES string of the molecule is CCNC(=O)NC1(C2CNCCC2(CC)C(=O)O)N=CC=CN1c1cc(/C=N\OC)c2scnc2c1. The number of amides is 2. The van der Waals surface area contributed by atoms with Crippen molar-refractivity contribution in [2.24, 2.45) is 21.5 Å². The lowest BCUT2D eigenvalue weighted by molar-refractivity contribution is -0.158. The largest absolute Gasteiger partial charge is 0.481 e. The average Bonchev–Trinajstić information content (AvgIpc) is 3.36. The van der Waals surface area contributed by atoms with Crippen molar-refractivity contribution in [2.45, 2.75) is 32.5 Å². The molecule has 1 saturated heterocycles. The molecule has 192 valence electrons. The molecule has 2 aromatic rings. The Balaban J connectivity index is 1.93. The van der Waals surface area contributed by atoms with Crippen LogP contribution in [0, 0.1) is 11.3 Å². The third-order valence-electron chi connectivity index (χ3n) is 6.92. The van der Waals surface area contributed by atoms with Crippen molar-refractivity contribution in [3.63, 3.8) is 0 Å². The topological polar surface area (TPSA) is 141 Å². The van der Waals surface area contributed by atoms with Gasteiger partial charge in [0.25, 0.3) is 0 Å². The maximum atomic E-state index is 13.0. The highest BCUT2D eigenvalue weighted by Gasteiger charge is 2.59. The summed E-state index contributed by atoms with van der Waals surface area (Å²) in [5, 5.41) is 23.6. The summed E-state index contributed by atoms with van der Waals surface area (Å²) in [6.45, 7) is 5.02. The van der Waals surface area contributed by atoms with Crippen LogP contribution in [0.25, 0.3) is 10.2 Å². The van der Waals surface area contributed by atoms with E-state index in [1.807, 2.05) is 30.9 Å². The third-order valence-corrected chi connectivity index (χ3v) is 7.81. The van der Waals surface area contributed by atoms with Gasteiger partial charge in [-0.2, -0.15) is 0 Å². The van der Waals surface area contributed by atoms with Crippen LogP contribution in [0.4, 0.5) is 10.5 Å². The molecule has 12 heteroatoms. The fourth-order valence-corrected chi connectivity index (χ4v) is 5.91. The van der Waals surface area contributed by atoms with Gasteiger partial charge in [0.2, 0.25) is 5.79 Å². The monoisotopic (exact) mass is 513 g/mol. The van der Waals surface area contributed by atoms with Crippen molar-refractivity contribution in [3.8, 4) is 0 Å². The Morgan fingerprint density at radius 2 is 2.25 bits per heavy atom. The van der Waals surface area contributed by atoms with Gasteiger partial charge in [0.1, 0.15) is 7.11 Å². The Bertz CT molecular complexity index is 1210. The number of aliphatic imine (C=N–C) groups is 1. The van der Waals surface area contributed by atoms with E-state index in [9.17, 15) is 14.7 Å². The summed E-state index contributed by atoms with van der Waals surface area (Å²) in [6.07, 6.45) is 7.57. The quantitative estimate of drug-likeness (QED) is 0.314. The number of urea groups is 1. The number of thiazole rings is 1. The number of piperidine rings is 1. The van der Waals surface area contributed by atoms with Crippen molar-refractivity contribution in [3.05, 3.63) is 35.5 Å². The number of carboxylic acid groups (broad SMARTS) is 1. The standard InChI is InChI=1S/C24H31N7O4S/c1-4-23(21(32)33)7-9-25-14-19(23)24(30-22(34)26-5-2)28-8-6-10-31(24)17-11-16(13-29-35-3)20-18(12-17)27-15-36-20/h6,8,10-13,15,19,25H,4-5,7,9,14H2,1-3H3,(H,32,33)(H2,26,30,34)/b29-13-. The number of allylic oxidation sites excluding steroid dienone is 1. The molecule has 11 nitrogen and oxygen atoms in total. The summed E-state index contributed by atoms with van der Waals surface area (Å²) in [4.78, 5) is 41.8. The van der Waals surface area contributed by atoms with Crippen molar-refractivity contribution in [1.82, 2.24) is 20.9 Å². The number of nitrogens with one attached hydrogen (secondary N) is 3. The number of oxime groups is 1. The Labute approximate surface area is 213 Å². The maximum absolute atomic E-state index is 13.0. The zero-order valence-electron chi connectivity index (χ0n) is 20.5. The zero-order valence-corrected chi connectivity index (χ0v) is 21.3. The molecule has 0 saturated carbocycles. The van der Waals surface area contributed by atoms with E-state index < -0.39 is 29.1 Å². The van der Waals surface area contributed by atoms with E-state index in [-0.39, 0.29) is 0 Å². The molecule has 4 N–H and O–H groups in total. The Hall–Kier alpha value is -3.51. The lowest BCUT2D eigenvalue weighted by Crippen LogP contribution is -2.71. The molecular weight excluding hydrogens is 482 g/mol. The van der Waals surface area contributed by atoms with Crippen molar-refractivity contribution >= 4 is 51.7 Å². The Morgan fingerprint density at radius 1 is 1.42 bits per heavy atom. The molecular formula is C24H31N7O4S. The number of hydrogen-bond donors (Lipinski definition) is 4. The normalized spacial score (nSPS) is 25.9. The molecule has 1 aromatic heterocycles. The summed E-state index contributed by atoms with van der Waals surface area (Å²) < 4.78 is 0.930. The highest BCUT2D eigenvalue weighted by atomic mass is 32.1. The van der Waals surface area contributed by atoms with Gasteiger partial charge in [0.05, 0.1) is 33.3 Å². The number of hydrogen-bond acceptors (Lipinski definition) is 9. The molecule has 4 rings (SSSR count). The average molecular weight is 514 g/mol. The van der Waals surface area contributed by atoms with Gasteiger partial charge >= 0.3 is 12.0 Å². The third kappa shape index (κ3) is 4.42. The molecule has 1 fully saturated rings. The van der Waals surface area contributed by atoms with Gasteiger partial charge in [0, 0.05) is 36.8 Å². The number of nitrogens with zero attached hydrogens (tertiary/aromatic N) is 4. The second-order valence-electron chi connectivity index (χ2n) is 8.67. The van der Waals surface area contributed by atoms with Gasteiger partial charge in [0.15, 0.2) is 0 Å². The molecule has 0 bridgehead atoms. The number of carbonyl (C=O) groups excluding carboxylic acids is 1. The molecule has 0 aliphatic carbocycles. The van der Waals surface area contributed by atoms with Crippen LogP contribution in [0.15, 0.2) is 40.1 Å². The van der Waals surface area contributed by atoms with Gasteiger partial charge in [-0.1, -0.05) is 12.1 Å². The van der Waals surface area contributed by atoms with Crippen LogP contribution in [0.3, 0.4) is 0 Å². The predicted octanol–water partition coefficient (Wildman–Crippen LogP) is 2.74. The minimum absolute atomic E-state index is 0.352. The lowest BCUT2D eigenvalue weighted by atomic mass is 9.65. The second kappa shape index (κ2) is 10.6. The fourth-order valence-electron chi connectivity index (χ4n) is 5.16. The molecule has 0 spiro atoms. The van der Waals surface area contributed by atoms with E-state index in [1.54, 1.807) is 30.2 Å². The molecule has 2 aliphatic heterocycles. The molecule has 3 atom stereocenters. The first kappa shape index (κ1) is 25.6. The first-order valence-electron chi connectivity index (χ1n) is 11.9. The van der Waals surface area contributed by atoms with E-state index in [0.717, 1.165) is 15.8 Å². The number of aromatic nitrogens is 1. The highest BCUT2D eigenvalue weighted by molar-refractivity contribution is 7.17. The first-order valence-corrected chi connectivity index (χ1v) is 12.7. The van der Waals surface area contributed by atoms with Crippen LogP contribution < -0.4 is 20.9 Å². The van der Waals surface area contributed by atoms with Gasteiger partial charge in [-0.25, -0.2) is 14.8 Å². The van der Waals surface area contributed by atoms with Gasteiger partial charge < -0.3 is 25.5 Å². The van der Waals surface area contributed by atoms with E-state index in [2.05, 4.69) is 26.1 Å². The lowest BCUT2D eigenvalue weighted by Gasteiger charge is -2.53. The minimum atomic E-state index is -1.42. The Morgan fingerprint density at radius 3 is 2.97 bits per heavy atom. The summed E-state index contributed by atoms with van der Waals surface area (Å²) in [6, 6.07) is 3.37. The molecule has 3 unspecified atom stereocenters. The van der Waals surface area contributed by atoms with E-state index in [0.29, 0.717) is 38.2 Å². The molecule has 0 radical (unpaired) electrons. The number of rotatable bonds is 8. The smallest absolute Gasteiger partial charge is 0.318 e. The van der Waals surface area contributed by atoms with Crippen LogP contribution >= 0.6 is 11.3 Å². The molecule has 36 heavy (non-hydrogen) atoms. The Kier molecular flexibility index (Phi) is 7.55. The van der Waals surface area contributed by atoms with Crippen molar-refractivity contribution in [2.75, 3.05) is 31.6 Å². The summed E-state index contributed by atoms with van der Waals surface area (Å²) in [5.74, 6) is -2.93. The van der Waals surface area contributed by atoms with E-state index in [1.165, 1.54) is 18.4 Å². The first-order chi connectivity index (χ1) is 17.4. The second-order valence-corrected chi connectivity index (χ2v) is 9.53. The van der Waals surface area contributed by atoms with Gasteiger partial charge in [-0.3, -0.25) is 10.1 Å².